The first-order valence-electron chi connectivity index (χ1n) is 7.99. The number of carbonyl (C=O) groups is 1. The molecule has 0 aliphatic heterocycles. The van der Waals surface area contributed by atoms with Crippen molar-refractivity contribution in [2.75, 3.05) is 11.1 Å². The third-order valence-corrected chi connectivity index (χ3v) is 4.87. The van der Waals surface area contributed by atoms with Crippen molar-refractivity contribution < 1.29 is 9.32 Å². The van der Waals surface area contributed by atoms with Crippen LogP contribution in [0.25, 0.3) is 10.9 Å². The van der Waals surface area contributed by atoms with Crippen LogP contribution in [0.2, 0.25) is 0 Å². The molecular formula is C17H16N4O3S. The minimum atomic E-state index is -0.219. The summed E-state index contributed by atoms with van der Waals surface area (Å²) in [4.78, 5) is 29.5. The Balaban J connectivity index is 1.57. The molecule has 0 unspecified atom stereocenters. The van der Waals surface area contributed by atoms with Crippen molar-refractivity contribution in [1.29, 1.82) is 0 Å². The number of benzene rings is 1. The molecule has 2 aromatic heterocycles. The highest BCUT2D eigenvalue weighted by atomic mass is 32.2. The zero-order valence-corrected chi connectivity index (χ0v) is 14.4. The Bertz CT molecular complexity index is 1010. The van der Waals surface area contributed by atoms with Crippen LogP contribution < -0.4 is 10.9 Å². The molecule has 0 atom stereocenters. The molecule has 25 heavy (non-hydrogen) atoms. The number of para-hydroxylation sites is 1. The van der Waals surface area contributed by atoms with Gasteiger partial charge in [-0.1, -0.05) is 29.1 Å². The molecule has 1 aliphatic carbocycles. The number of hydrogen-bond acceptors (Lipinski definition) is 6. The first-order chi connectivity index (χ1) is 12.1. The highest BCUT2D eigenvalue weighted by Gasteiger charge is 2.28. The predicted octanol–water partition coefficient (Wildman–Crippen LogP) is 2.76. The molecule has 1 amide bonds. The molecular weight excluding hydrogens is 340 g/mol. The van der Waals surface area contributed by atoms with Gasteiger partial charge in [-0.05, 0) is 31.9 Å². The monoisotopic (exact) mass is 356 g/mol. The molecule has 7 nitrogen and oxygen atoms in total. The Morgan fingerprint density at radius 2 is 2.20 bits per heavy atom. The molecule has 0 saturated heterocycles. The van der Waals surface area contributed by atoms with Gasteiger partial charge in [0.1, 0.15) is 5.76 Å². The molecule has 1 N–H and O–H groups in total. The van der Waals surface area contributed by atoms with Gasteiger partial charge in [0.05, 0.1) is 16.7 Å². The first kappa shape index (κ1) is 15.9. The van der Waals surface area contributed by atoms with Gasteiger partial charge in [-0.2, -0.15) is 0 Å². The summed E-state index contributed by atoms with van der Waals surface area (Å²) in [5.41, 5.74) is 0.613. The maximum Gasteiger partial charge on any atom is 0.262 e. The van der Waals surface area contributed by atoms with E-state index in [-0.39, 0.29) is 23.3 Å². The second kappa shape index (κ2) is 6.36. The summed E-state index contributed by atoms with van der Waals surface area (Å²) in [6, 6.07) is 9.13. The van der Waals surface area contributed by atoms with Crippen molar-refractivity contribution in [2.45, 2.75) is 31.0 Å². The molecule has 1 saturated carbocycles. The fraction of sp³-hybridized carbons (Fsp3) is 0.294. The minimum Gasteiger partial charge on any atom is -0.360 e. The number of amides is 1. The van der Waals surface area contributed by atoms with Crippen LogP contribution in [0, 0.1) is 6.92 Å². The lowest BCUT2D eigenvalue weighted by Gasteiger charge is -2.11. The number of nitrogens with zero attached hydrogens (tertiary/aromatic N) is 3. The smallest absolute Gasteiger partial charge is 0.262 e. The highest BCUT2D eigenvalue weighted by molar-refractivity contribution is 7.99. The minimum absolute atomic E-state index is 0.0388. The van der Waals surface area contributed by atoms with Crippen LogP contribution in [0.4, 0.5) is 5.82 Å². The average molecular weight is 356 g/mol. The van der Waals surface area contributed by atoms with E-state index in [4.69, 9.17) is 4.52 Å². The van der Waals surface area contributed by atoms with Crippen molar-refractivity contribution >= 4 is 34.4 Å². The fourth-order valence-electron chi connectivity index (χ4n) is 2.62. The van der Waals surface area contributed by atoms with Gasteiger partial charge in [0.15, 0.2) is 11.0 Å². The van der Waals surface area contributed by atoms with Crippen molar-refractivity contribution in [3.05, 3.63) is 46.4 Å². The molecule has 2 heterocycles. The van der Waals surface area contributed by atoms with Crippen molar-refractivity contribution in [3.63, 3.8) is 0 Å². The van der Waals surface area contributed by atoms with E-state index in [1.165, 1.54) is 11.8 Å². The van der Waals surface area contributed by atoms with Crippen LogP contribution in [0.5, 0.6) is 0 Å². The van der Waals surface area contributed by atoms with Gasteiger partial charge in [0, 0.05) is 12.1 Å². The average Bonchev–Trinajstić information content (AvgIpc) is 3.35. The number of carbonyl (C=O) groups excluding carboxylic acids is 1. The standard InChI is InChI=1S/C17H16N4O3S/c1-10-8-14(20-24-10)19-15(22)9-25-17-18-13-5-3-2-4-12(13)16(23)21(17)11-6-7-11/h2-5,8,11H,6-7,9H2,1H3,(H,19,20,22). The molecule has 1 aromatic carbocycles. The number of nitrogens with one attached hydrogen (secondary N) is 1. The highest BCUT2D eigenvalue weighted by Crippen LogP contribution is 2.36. The van der Waals surface area contributed by atoms with E-state index in [0.29, 0.717) is 27.6 Å². The van der Waals surface area contributed by atoms with E-state index in [1.807, 2.05) is 18.2 Å². The van der Waals surface area contributed by atoms with E-state index in [2.05, 4.69) is 15.5 Å². The Labute approximate surface area is 147 Å². The fourth-order valence-corrected chi connectivity index (χ4v) is 3.48. The molecule has 0 radical (unpaired) electrons. The topological polar surface area (TPSA) is 90.0 Å². The van der Waals surface area contributed by atoms with E-state index in [0.717, 1.165) is 12.8 Å². The molecule has 4 rings (SSSR count). The second-order valence-corrected chi connectivity index (χ2v) is 6.92. The molecule has 0 spiro atoms. The Morgan fingerprint density at radius 1 is 1.40 bits per heavy atom. The third-order valence-electron chi connectivity index (χ3n) is 3.92. The Kier molecular flexibility index (Phi) is 4.04. The molecule has 128 valence electrons. The first-order valence-corrected chi connectivity index (χ1v) is 8.97. The van der Waals surface area contributed by atoms with Gasteiger partial charge < -0.3 is 9.84 Å². The van der Waals surface area contributed by atoms with Gasteiger partial charge in [-0.3, -0.25) is 14.2 Å². The summed E-state index contributed by atoms with van der Waals surface area (Å²) < 4.78 is 6.64. The summed E-state index contributed by atoms with van der Waals surface area (Å²) in [5.74, 6) is 0.933. The molecule has 8 heteroatoms. The van der Waals surface area contributed by atoms with E-state index in [1.54, 1.807) is 23.6 Å². The number of anilines is 1. The Morgan fingerprint density at radius 3 is 2.92 bits per heavy atom. The summed E-state index contributed by atoms with van der Waals surface area (Å²) >= 11 is 1.26. The van der Waals surface area contributed by atoms with Gasteiger partial charge in [0.2, 0.25) is 5.91 Å². The lowest BCUT2D eigenvalue weighted by molar-refractivity contribution is -0.113. The van der Waals surface area contributed by atoms with Gasteiger partial charge in [0.25, 0.3) is 5.56 Å². The van der Waals surface area contributed by atoms with E-state index >= 15 is 0 Å². The molecule has 1 fully saturated rings. The van der Waals surface area contributed by atoms with Crippen molar-refractivity contribution in [1.82, 2.24) is 14.7 Å². The SMILES string of the molecule is Cc1cc(NC(=O)CSc2nc3ccccc3c(=O)n2C2CC2)no1. The van der Waals surface area contributed by atoms with Crippen LogP contribution in [0.15, 0.2) is 44.8 Å². The van der Waals surface area contributed by atoms with Crippen LogP contribution >= 0.6 is 11.8 Å². The molecule has 1 aliphatic rings. The molecule has 0 bridgehead atoms. The quantitative estimate of drug-likeness (QED) is 0.558. The van der Waals surface area contributed by atoms with Crippen LogP contribution in [0.1, 0.15) is 24.6 Å². The predicted molar refractivity (Wildman–Crippen MR) is 94.9 cm³/mol. The number of hydrogen-bond donors (Lipinski definition) is 1. The third kappa shape index (κ3) is 3.30. The maximum absolute atomic E-state index is 12.8. The summed E-state index contributed by atoms with van der Waals surface area (Å²) in [7, 11) is 0. The van der Waals surface area contributed by atoms with Gasteiger partial charge in [-0.25, -0.2) is 4.98 Å². The number of aromatic nitrogens is 3. The number of fused-ring (bicyclic) bond motifs is 1. The zero-order valence-electron chi connectivity index (χ0n) is 13.6. The maximum atomic E-state index is 12.8. The lowest BCUT2D eigenvalue weighted by atomic mass is 10.2. The largest absolute Gasteiger partial charge is 0.360 e. The summed E-state index contributed by atoms with van der Waals surface area (Å²) in [6.45, 7) is 1.75. The molecule has 3 aromatic rings. The van der Waals surface area contributed by atoms with Gasteiger partial charge >= 0.3 is 0 Å². The number of thioether (sulfide) groups is 1. The van der Waals surface area contributed by atoms with Crippen molar-refractivity contribution in [3.8, 4) is 0 Å². The number of aryl methyl sites for hydroxylation is 1. The van der Waals surface area contributed by atoms with Crippen LogP contribution in [-0.2, 0) is 4.79 Å². The second-order valence-electron chi connectivity index (χ2n) is 5.98. The Hall–Kier alpha value is -2.61. The van der Waals surface area contributed by atoms with E-state index in [9.17, 15) is 9.59 Å². The van der Waals surface area contributed by atoms with Crippen LogP contribution in [0.3, 0.4) is 0 Å². The summed E-state index contributed by atoms with van der Waals surface area (Å²) in [6.07, 6.45) is 1.94. The number of rotatable bonds is 5. The van der Waals surface area contributed by atoms with Crippen LogP contribution in [-0.4, -0.2) is 26.4 Å². The van der Waals surface area contributed by atoms with Crippen molar-refractivity contribution in [2.24, 2.45) is 0 Å². The zero-order chi connectivity index (χ0) is 17.4. The normalized spacial score (nSPS) is 14.0. The van der Waals surface area contributed by atoms with Gasteiger partial charge in [-0.15, -0.1) is 0 Å². The van der Waals surface area contributed by atoms with E-state index < -0.39 is 0 Å². The summed E-state index contributed by atoms with van der Waals surface area (Å²) in [5, 5.41) is 7.60. The lowest BCUT2D eigenvalue weighted by Crippen LogP contribution is -2.23.